The van der Waals surface area contributed by atoms with Crippen molar-refractivity contribution in [3.05, 3.63) is 45.8 Å². The number of aromatic carboxylic acids is 1. The molecule has 1 aromatic heterocycles. The molecule has 3 N–H and O–H groups in total. The highest BCUT2D eigenvalue weighted by atomic mass is 32.1. The van der Waals surface area contributed by atoms with Crippen molar-refractivity contribution in [2.75, 3.05) is 0 Å². The lowest BCUT2D eigenvalue weighted by atomic mass is 9.76. The van der Waals surface area contributed by atoms with Gasteiger partial charge in [0, 0.05) is 16.3 Å². The fraction of sp³-hybridized carbons (Fsp3) is 0.389. The molecule has 0 atom stereocenters. The summed E-state index contributed by atoms with van der Waals surface area (Å²) in [5, 5.41) is 9.73. The van der Waals surface area contributed by atoms with Crippen LogP contribution in [0.15, 0.2) is 24.3 Å². The van der Waals surface area contributed by atoms with Crippen LogP contribution in [0.4, 0.5) is 0 Å². The Balaban J connectivity index is 2.12. The van der Waals surface area contributed by atoms with E-state index in [1.54, 1.807) is 11.3 Å². The lowest BCUT2D eigenvalue weighted by molar-refractivity contribution is 0.0696. The van der Waals surface area contributed by atoms with Crippen molar-refractivity contribution in [3.8, 4) is 10.4 Å². The van der Waals surface area contributed by atoms with Gasteiger partial charge in [-0.25, -0.2) is 4.79 Å². The summed E-state index contributed by atoms with van der Waals surface area (Å²) in [7, 11) is 0. The largest absolute Gasteiger partial charge is 0.478 e. The summed E-state index contributed by atoms with van der Waals surface area (Å²) in [6.45, 7) is 4.94. The third-order valence-electron chi connectivity index (χ3n) is 4.44. The number of rotatable bonds is 3. The third-order valence-corrected chi connectivity index (χ3v) is 5.78. The number of hydrogen-bond acceptors (Lipinski definition) is 3. The molecule has 3 rings (SSSR count). The second-order valence-electron chi connectivity index (χ2n) is 6.76. The number of aryl methyl sites for hydroxylation is 1. The summed E-state index contributed by atoms with van der Waals surface area (Å²) < 4.78 is 0. The van der Waals surface area contributed by atoms with Gasteiger partial charge < -0.3 is 10.8 Å². The smallest absolute Gasteiger partial charge is 0.337 e. The van der Waals surface area contributed by atoms with E-state index in [1.165, 1.54) is 4.88 Å². The van der Waals surface area contributed by atoms with Gasteiger partial charge >= 0.3 is 5.97 Å². The number of nitrogens with two attached hydrogens (primary N) is 1. The summed E-state index contributed by atoms with van der Waals surface area (Å²) in [5.41, 5.74) is 9.41. The van der Waals surface area contributed by atoms with Crippen LogP contribution in [0.25, 0.3) is 10.4 Å². The van der Waals surface area contributed by atoms with Gasteiger partial charge in [0.05, 0.1) is 5.56 Å². The molecule has 0 spiro atoms. The molecule has 116 valence electrons. The van der Waals surface area contributed by atoms with Crippen molar-refractivity contribution in [3.63, 3.8) is 0 Å². The Morgan fingerprint density at radius 2 is 2.00 bits per heavy atom. The quantitative estimate of drug-likeness (QED) is 0.897. The van der Waals surface area contributed by atoms with Gasteiger partial charge in [-0.1, -0.05) is 38.1 Å². The van der Waals surface area contributed by atoms with Gasteiger partial charge in [-0.05, 0) is 41.4 Å². The Kier molecular flexibility index (Phi) is 3.83. The number of fused-ring (bicyclic) bond motifs is 1. The SMILES string of the molecule is CC1(C)CCc2sc(-c3ccc(CN)cc3)c(C(=O)O)c2C1. The molecule has 1 aliphatic carbocycles. The summed E-state index contributed by atoms with van der Waals surface area (Å²) in [5.74, 6) is -0.812. The highest BCUT2D eigenvalue weighted by Gasteiger charge is 2.32. The van der Waals surface area contributed by atoms with Crippen LogP contribution in [0.2, 0.25) is 0 Å². The van der Waals surface area contributed by atoms with Crippen LogP contribution < -0.4 is 5.73 Å². The topological polar surface area (TPSA) is 63.3 Å². The molecule has 3 nitrogen and oxygen atoms in total. The van der Waals surface area contributed by atoms with Crippen molar-refractivity contribution in [2.24, 2.45) is 11.1 Å². The molecule has 1 aromatic carbocycles. The summed E-state index contributed by atoms with van der Waals surface area (Å²) in [4.78, 5) is 14.0. The lowest BCUT2D eigenvalue weighted by Gasteiger charge is -2.29. The van der Waals surface area contributed by atoms with Crippen molar-refractivity contribution >= 4 is 17.3 Å². The minimum Gasteiger partial charge on any atom is -0.478 e. The minimum atomic E-state index is -0.812. The van der Waals surface area contributed by atoms with Crippen LogP contribution in [0.5, 0.6) is 0 Å². The van der Waals surface area contributed by atoms with Gasteiger partial charge in [-0.3, -0.25) is 0 Å². The van der Waals surface area contributed by atoms with Gasteiger partial charge in [0.1, 0.15) is 0 Å². The molecule has 0 unspecified atom stereocenters. The Labute approximate surface area is 134 Å². The molecular formula is C18H21NO2S. The van der Waals surface area contributed by atoms with Gasteiger partial charge in [-0.2, -0.15) is 0 Å². The van der Waals surface area contributed by atoms with Crippen LogP contribution in [-0.4, -0.2) is 11.1 Å². The van der Waals surface area contributed by atoms with E-state index in [-0.39, 0.29) is 5.41 Å². The zero-order valence-electron chi connectivity index (χ0n) is 13.0. The molecule has 0 saturated carbocycles. The maximum absolute atomic E-state index is 11.8. The first-order valence-corrected chi connectivity index (χ1v) is 8.40. The van der Waals surface area contributed by atoms with Crippen molar-refractivity contribution in [2.45, 2.75) is 39.7 Å². The van der Waals surface area contributed by atoms with E-state index < -0.39 is 5.97 Å². The maximum atomic E-state index is 11.8. The molecular weight excluding hydrogens is 294 g/mol. The fourth-order valence-electron chi connectivity index (χ4n) is 3.14. The van der Waals surface area contributed by atoms with Crippen LogP contribution in [-0.2, 0) is 19.4 Å². The first-order valence-electron chi connectivity index (χ1n) is 7.58. The van der Waals surface area contributed by atoms with E-state index in [0.717, 1.165) is 40.8 Å². The molecule has 2 aromatic rings. The summed E-state index contributed by atoms with van der Waals surface area (Å²) >= 11 is 1.65. The summed E-state index contributed by atoms with van der Waals surface area (Å²) in [6.07, 6.45) is 2.95. The number of carboxylic acids is 1. The van der Waals surface area contributed by atoms with Crippen LogP contribution in [0, 0.1) is 5.41 Å². The molecule has 0 radical (unpaired) electrons. The zero-order chi connectivity index (χ0) is 15.9. The molecule has 0 aliphatic heterocycles. The molecule has 0 saturated heterocycles. The molecule has 0 bridgehead atoms. The molecule has 1 heterocycles. The number of hydrogen-bond donors (Lipinski definition) is 2. The maximum Gasteiger partial charge on any atom is 0.337 e. The number of benzene rings is 1. The van der Waals surface area contributed by atoms with E-state index in [2.05, 4.69) is 13.8 Å². The molecule has 4 heteroatoms. The van der Waals surface area contributed by atoms with Gasteiger partial charge in [0.15, 0.2) is 0 Å². The second kappa shape index (κ2) is 5.52. The molecule has 22 heavy (non-hydrogen) atoms. The Hall–Kier alpha value is -1.65. The van der Waals surface area contributed by atoms with E-state index in [1.807, 2.05) is 24.3 Å². The van der Waals surface area contributed by atoms with Gasteiger partial charge in [-0.15, -0.1) is 11.3 Å². The Morgan fingerprint density at radius 3 is 2.59 bits per heavy atom. The Morgan fingerprint density at radius 1 is 1.32 bits per heavy atom. The zero-order valence-corrected chi connectivity index (χ0v) is 13.8. The standard InChI is InChI=1S/C18H21NO2S/c1-18(2)8-7-14-13(9-18)15(17(20)21)16(22-14)12-5-3-11(10-19)4-6-12/h3-6H,7-10,19H2,1-2H3,(H,20,21). The van der Waals surface area contributed by atoms with E-state index >= 15 is 0 Å². The highest BCUT2D eigenvalue weighted by Crippen LogP contribution is 2.45. The number of carboxylic acid groups (broad SMARTS) is 1. The normalized spacial score (nSPS) is 16.3. The average molecular weight is 315 g/mol. The van der Waals surface area contributed by atoms with E-state index in [4.69, 9.17) is 5.73 Å². The van der Waals surface area contributed by atoms with Crippen LogP contribution in [0.3, 0.4) is 0 Å². The monoisotopic (exact) mass is 315 g/mol. The molecule has 0 amide bonds. The number of thiophene rings is 1. The third kappa shape index (κ3) is 2.69. The molecule has 0 fully saturated rings. The van der Waals surface area contributed by atoms with E-state index in [9.17, 15) is 9.90 Å². The summed E-state index contributed by atoms with van der Waals surface area (Å²) in [6, 6.07) is 7.92. The van der Waals surface area contributed by atoms with Crippen molar-refractivity contribution in [1.29, 1.82) is 0 Å². The van der Waals surface area contributed by atoms with Gasteiger partial charge in [0.25, 0.3) is 0 Å². The van der Waals surface area contributed by atoms with Gasteiger partial charge in [0.2, 0.25) is 0 Å². The van der Waals surface area contributed by atoms with Crippen molar-refractivity contribution in [1.82, 2.24) is 0 Å². The predicted molar refractivity (Wildman–Crippen MR) is 90.4 cm³/mol. The number of carbonyl (C=O) groups is 1. The first kappa shape index (κ1) is 15.3. The Bertz CT molecular complexity index is 713. The first-order chi connectivity index (χ1) is 10.4. The fourth-order valence-corrected chi connectivity index (χ4v) is 4.46. The minimum absolute atomic E-state index is 0.180. The second-order valence-corrected chi connectivity index (χ2v) is 7.86. The average Bonchev–Trinajstić information content (AvgIpc) is 2.84. The van der Waals surface area contributed by atoms with E-state index in [0.29, 0.717) is 12.1 Å². The van der Waals surface area contributed by atoms with Crippen LogP contribution in [0.1, 0.15) is 46.6 Å². The van der Waals surface area contributed by atoms with Crippen LogP contribution >= 0.6 is 11.3 Å². The van der Waals surface area contributed by atoms with Crippen molar-refractivity contribution < 1.29 is 9.90 Å². The lowest BCUT2D eigenvalue weighted by Crippen LogP contribution is -2.22. The molecule has 1 aliphatic rings. The highest BCUT2D eigenvalue weighted by molar-refractivity contribution is 7.16. The predicted octanol–water partition coefficient (Wildman–Crippen LogP) is 4.09.